The van der Waals surface area contributed by atoms with E-state index >= 15 is 0 Å². The van der Waals surface area contributed by atoms with E-state index < -0.39 is 0 Å². The van der Waals surface area contributed by atoms with E-state index in [1.807, 2.05) is 38.1 Å². The molecule has 0 unspecified atom stereocenters. The van der Waals surface area contributed by atoms with Crippen LogP contribution < -0.4 is 15.4 Å². The van der Waals surface area contributed by atoms with E-state index in [1.165, 1.54) is 0 Å². The Kier molecular flexibility index (Phi) is 7.19. The van der Waals surface area contributed by atoms with Crippen LogP contribution in [0.2, 0.25) is 0 Å². The maximum atomic E-state index is 12.1. The molecule has 0 aliphatic rings. The number of amides is 1. The van der Waals surface area contributed by atoms with Crippen LogP contribution in [0, 0.1) is 0 Å². The summed E-state index contributed by atoms with van der Waals surface area (Å²) in [5.41, 5.74) is 1.19. The summed E-state index contributed by atoms with van der Waals surface area (Å²) in [4.78, 5) is 20.6. The van der Waals surface area contributed by atoms with Crippen LogP contribution in [0.4, 0.5) is 11.6 Å². The van der Waals surface area contributed by atoms with Crippen molar-refractivity contribution in [2.75, 3.05) is 11.9 Å². The zero-order chi connectivity index (χ0) is 18.1. The van der Waals surface area contributed by atoms with E-state index in [4.69, 9.17) is 4.74 Å². The summed E-state index contributed by atoms with van der Waals surface area (Å²) in [7, 11) is 0. The number of rotatable bonds is 9. The molecule has 0 bridgehead atoms. The summed E-state index contributed by atoms with van der Waals surface area (Å²) in [6.45, 7) is 6.76. The van der Waals surface area contributed by atoms with Crippen LogP contribution in [0.1, 0.15) is 50.5 Å². The maximum Gasteiger partial charge on any atom is 0.270 e. The number of carbonyl (C=O) groups is 1. The van der Waals surface area contributed by atoms with Crippen LogP contribution in [0.15, 0.2) is 36.5 Å². The van der Waals surface area contributed by atoms with Crippen molar-refractivity contribution in [2.45, 2.75) is 46.1 Å². The third-order valence-electron chi connectivity index (χ3n) is 3.44. The second kappa shape index (κ2) is 9.61. The first kappa shape index (κ1) is 18.7. The van der Waals surface area contributed by atoms with Crippen LogP contribution in [0.5, 0.6) is 5.75 Å². The molecule has 1 aromatic heterocycles. The standard InChI is InChI=1S/C19H26N4O2/c1-4-5-6-12-20-18(24)17-11-13-21-19(23-17)22-15-7-9-16(10-8-15)25-14(2)3/h7-11,13-14H,4-6,12H2,1-3H3,(H,20,24)(H,21,22,23). The lowest BCUT2D eigenvalue weighted by atomic mass is 10.2. The number of benzene rings is 1. The molecule has 0 aliphatic carbocycles. The van der Waals surface area contributed by atoms with Gasteiger partial charge in [-0.25, -0.2) is 9.97 Å². The molecule has 25 heavy (non-hydrogen) atoms. The minimum Gasteiger partial charge on any atom is -0.491 e. The molecule has 0 atom stereocenters. The van der Waals surface area contributed by atoms with E-state index in [-0.39, 0.29) is 12.0 Å². The molecule has 2 aromatic rings. The van der Waals surface area contributed by atoms with Crippen LogP contribution in [0.25, 0.3) is 0 Å². The summed E-state index contributed by atoms with van der Waals surface area (Å²) in [5, 5.41) is 5.98. The van der Waals surface area contributed by atoms with Crippen molar-refractivity contribution in [2.24, 2.45) is 0 Å². The first-order valence-electron chi connectivity index (χ1n) is 8.73. The largest absolute Gasteiger partial charge is 0.491 e. The molecule has 0 fully saturated rings. The number of nitrogens with one attached hydrogen (secondary N) is 2. The molecule has 0 saturated carbocycles. The van der Waals surface area contributed by atoms with Crippen molar-refractivity contribution >= 4 is 17.5 Å². The smallest absolute Gasteiger partial charge is 0.270 e. The lowest BCUT2D eigenvalue weighted by Gasteiger charge is -2.11. The van der Waals surface area contributed by atoms with Gasteiger partial charge in [0.1, 0.15) is 11.4 Å². The average Bonchev–Trinajstić information content (AvgIpc) is 2.60. The Hall–Kier alpha value is -2.63. The molecule has 1 amide bonds. The van der Waals surface area contributed by atoms with Gasteiger partial charge in [-0.3, -0.25) is 4.79 Å². The highest BCUT2D eigenvalue weighted by Gasteiger charge is 2.08. The van der Waals surface area contributed by atoms with Gasteiger partial charge in [0.15, 0.2) is 0 Å². The number of unbranched alkanes of at least 4 members (excludes halogenated alkanes) is 2. The number of anilines is 2. The second-order valence-electron chi connectivity index (χ2n) is 6.04. The third kappa shape index (κ3) is 6.41. The Balaban J connectivity index is 1.95. The molecule has 6 nitrogen and oxygen atoms in total. The molecule has 0 spiro atoms. The van der Waals surface area contributed by atoms with Crippen LogP contribution in [-0.2, 0) is 0 Å². The molecular formula is C19H26N4O2. The van der Waals surface area contributed by atoms with Gasteiger partial charge in [-0.1, -0.05) is 19.8 Å². The fraction of sp³-hybridized carbons (Fsp3) is 0.421. The molecule has 134 valence electrons. The minimum absolute atomic E-state index is 0.134. The Labute approximate surface area is 149 Å². The van der Waals surface area contributed by atoms with Crippen LogP contribution in [0.3, 0.4) is 0 Å². The number of carbonyl (C=O) groups excluding carboxylic acids is 1. The topological polar surface area (TPSA) is 76.1 Å². The molecule has 2 rings (SSSR count). The van der Waals surface area contributed by atoms with Crippen molar-refractivity contribution in [1.82, 2.24) is 15.3 Å². The van der Waals surface area contributed by atoms with Gasteiger partial charge in [0.2, 0.25) is 5.95 Å². The predicted molar refractivity (Wildman–Crippen MR) is 99.4 cm³/mol. The van der Waals surface area contributed by atoms with Gasteiger partial charge in [0.25, 0.3) is 5.91 Å². The molecular weight excluding hydrogens is 316 g/mol. The molecule has 0 saturated heterocycles. The second-order valence-corrected chi connectivity index (χ2v) is 6.04. The quantitative estimate of drug-likeness (QED) is 0.675. The van der Waals surface area contributed by atoms with Crippen LogP contribution in [-0.4, -0.2) is 28.5 Å². The van der Waals surface area contributed by atoms with E-state index in [0.717, 1.165) is 30.7 Å². The van der Waals surface area contributed by atoms with Gasteiger partial charge < -0.3 is 15.4 Å². The number of nitrogens with zero attached hydrogens (tertiary/aromatic N) is 2. The fourth-order valence-corrected chi connectivity index (χ4v) is 2.23. The highest BCUT2D eigenvalue weighted by atomic mass is 16.5. The van der Waals surface area contributed by atoms with Gasteiger partial charge in [0, 0.05) is 18.4 Å². The molecule has 1 heterocycles. The normalized spacial score (nSPS) is 10.6. The Morgan fingerprint density at radius 1 is 1.16 bits per heavy atom. The van der Waals surface area contributed by atoms with Gasteiger partial charge in [-0.2, -0.15) is 0 Å². The van der Waals surface area contributed by atoms with Gasteiger partial charge in [-0.05, 0) is 50.6 Å². The Bertz CT molecular complexity index is 671. The van der Waals surface area contributed by atoms with Gasteiger partial charge in [0.05, 0.1) is 6.10 Å². The van der Waals surface area contributed by atoms with Gasteiger partial charge >= 0.3 is 0 Å². The number of hydrogen-bond acceptors (Lipinski definition) is 5. The summed E-state index contributed by atoms with van der Waals surface area (Å²) in [6, 6.07) is 9.15. The van der Waals surface area contributed by atoms with Crippen LogP contribution >= 0.6 is 0 Å². The molecule has 0 aliphatic heterocycles. The fourth-order valence-electron chi connectivity index (χ4n) is 2.23. The Morgan fingerprint density at radius 3 is 2.60 bits per heavy atom. The van der Waals surface area contributed by atoms with Crippen molar-refractivity contribution in [3.05, 3.63) is 42.2 Å². The van der Waals surface area contributed by atoms with E-state index in [0.29, 0.717) is 18.2 Å². The first-order chi connectivity index (χ1) is 12.1. The van der Waals surface area contributed by atoms with Crippen molar-refractivity contribution in [1.29, 1.82) is 0 Å². The monoisotopic (exact) mass is 342 g/mol. The SMILES string of the molecule is CCCCCNC(=O)c1ccnc(Nc2ccc(OC(C)C)cc2)n1. The van der Waals surface area contributed by atoms with Crippen molar-refractivity contribution in [3.63, 3.8) is 0 Å². The molecule has 2 N–H and O–H groups in total. The van der Waals surface area contributed by atoms with Crippen molar-refractivity contribution in [3.8, 4) is 5.75 Å². The zero-order valence-corrected chi connectivity index (χ0v) is 15.1. The lowest BCUT2D eigenvalue weighted by molar-refractivity contribution is 0.0948. The highest BCUT2D eigenvalue weighted by molar-refractivity contribution is 5.92. The summed E-state index contributed by atoms with van der Waals surface area (Å²) in [5.74, 6) is 1.02. The number of ether oxygens (including phenoxy) is 1. The average molecular weight is 342 g/mol. The first-order valence-corrected chi connectivity index (χ1v) is 8.73. The third-order valence-corrected chi connectivity index (χ3v) is 3.44. The number of hydrogen-bond donors (Lipinski definition) is 2. The molecule has 1 aromatic carbocycles. The lowest BCUT2D eigenvalue weighted by Crippen LogP contribution is -2.25. The summed E-state index contributed by atoms with van der Waals surface area (Å²) in [6.07, 6.45) is 4.91. The van der Waals surface area contributed by atoms with E-state index in [1.54, 1.807) is 12.3 Å². The van der Waals surface area contributed by atoms with Crippen molar-refractivity contribution < 1.29 is 9.53 Å². The summed E-state index contributed by atoms with van der Waals surface area (Å²) >= 11 is 0. The highest BCUT2D eigenvalue weighted by Crippen LogP contribution is 2.19. The van der Waals surface area contributed by atoms with E-state index in [9.17, 15) is 4.79 Å². The summed E-state index contributed by atoms with van der Waals surface area (Å²) < 4.78 is 5.61. The van der Waals surface area contributed by atoms with Gasteiger partial charge in [-0.15, -0.1) is 0 Å². The molecule has 6 heteroatoms. The Morgan fingerprint density at radius 2 is 1.92 bits per heavy atom. The maximum absolute atomic E-state index is 12.1. The molecule has 0 radical (unpaired) electrons. The minimum atomic E-state index is -0.178. The zero-order valence-electron chi connectivity index (χ0n) is 15.1. The number of aromatic nitrogens is 2. The van der Waals surface area contributed by atoms with E-state index in [2.05, 4.69) is 27.5 Å². The predicted octanol–water partition coefficient (Wildman–Crippen LogP) is 3.93.